The van der Waals surface area contributed by atoms with Crippen molar-refractivity contribution in [2.45, 2.75) is 23.9 Å². The highest BCUT2D eigenvalue weighted by molar-refractivity contribution is 8.00. The fourth-order valence-electron chi connectivity index (χ4n) is 1.81. The van der Waals surface area contributed by atoms with Crippen molar-refractivity contribution in [1.29, 1.82) is 0 Å². The quantitative estimate of drug-likeness (QED) is 0.664. The number of thioether (sulfide) groups is 1. The fraction of sp³-hybridized carbons (Fsp3) is 0.188. The summed E-state index contributed by atoms with van der Waals surface area (Å²) >= 11 is 3.38. The molecule has 0 fully saturated rings. The summed E-state index contributed by atoms with van der Waals surface area (Å²) < 4.78 is 1.06. The first-order valence-corrected chi connectivity index (χ1v) is 8.50. The van der Waals surface area contributed by atoms with Gasteiger partial charge in [-0.25, -0.2) is 4.98 Å². The van der Waals surface area contributed by atoms with E-state index in [1.54, 1.807) is 29.3 Å². The molecule has 0 bridgehead atoms. The van der Waals surface area contributed by atoms with Crippen molar-refractivity contribution in [3.8, 4) is 11.3 Å². The second-order valence-corrected chi connectivity index (χ2v) is 6.88. The Kier molecular flexibility index (Phi) is 4.31. The Morgan fingerprint density at radius 3 is 2.57 bits per heavy atom. The van der Waals surface area contributed by atoms with Crippen LogP contribution in [0.4, 0.5) is 0 Å². The summed E-state index contributed by atoms with van der Waals surface area (Å²) in [7, 11) is 0. The summed E-state index contributed by atoms with van der Waals surface area (Å²) in [5, 5.41) is 2.10. The third kappa shape index (κ3) is 3.68. The minimum Gasteiger partial charge on any atom is -0.258 e. The topological polar surface area (TPSA) is 38.7 Å². The van der Waals surface area contributed by atoms with E-state index in [9.17, 15) is 0 Å². The summed E-state index contributed by atoms with van der Waals surface area (Å²) in [6.07, 6.45) is 3.63. The van der Waals surface area contributed by atoms with E-state index in [0.29, 0.717) is 0 Å². The maximum Gasteiger partial charge on any atom is 0.150 e. The Morgan fingerprint density at radius 2 is 1.86 bits per heavy atom. The molecular formula is C16H15N3S2. The number of hydrogen-bond acceptors (Lipinski definition) is 5. The van der Waals surface area contributed by atoms with E-state index in [4.69, 9.17) is 0 Å². The van der Waals surface area contributed by atoms with Crippen LogP contribution in [0.1, 0.15) is 17.0 Å². The molecule has 1 aromatic carbocycles. The van der Waals surface area contributed by atoms with Crippen LogP contribution in [0.25, 0.3) is 11.3 Å². The van der Waals surface area contributed by atoms with E-state index in [-0.39, 0.29) is 0 Å². The van der Waals surface area contributed by atoms with Crippen molar-refractivity contribution in [3.63, 3.8) is 0 Å². The highest BCUT2D eigenvalue weighted by atomic mass is 32.2. The van der Waals surface area contributed by atoms with Crippen molar-refractivity contribution in [1.82, 2.24) is 15.0 Å². The van der Waals surface area contributed by atoms with Crippen LogP contribution in [0.2, 0.25) is 0 Å². The van der Waals surface area contributed by atoms with Crippen molar-refractivity contribution in [2.24, 2.45) is 0 Å². The van der Waals surface area contributed by atoms with Gasteiger partial charge < -0.3 is 0 Å². The minimum absolute atomic E-state index is 0.800. The Morgan fingerprint density at radius 1 is 1.05 bits per heavy atom. The average Bonchev–Trinajstić information content (AvgIpc) is 2.96. The summed E-state index contributed by atoms with van der Waals surface area (Å²) in [6.45, 7) is 4.04. The number of nitrogens with zero attached hydrogens (tertiary/aromatic N) is 3. The summed E-state index contributed by atoms with van der Waals surface area (Å²) in [4.78, 5) is 13.3. The number of aromatic nitrogens is 3. The lowest BCUT2D eigenvalue weighted by atomic mass is 10.1. The maximum absolute atomic E-state index is 4.68. The van der Waals surface area contributed by atoms with Gasteiger partial charge in [0.05, 0.1) is 17.1 Å². The Balaban J connectivity index is 1.67. The Bertz CT molecular complexity index is 718. The molecule has 0 atom stereocenters. The number of aryl methyl sites for hydroxylation is 2. The van der Waals surface area contributed by atoms with Crippen molar-refractivity contribution in [3.05, 3.63) is 59.0 Å². The molecule has 2 heterocycles. The normalized spacial score (nSPS) is 10.8. The molecule has 0 unspecified atom stereocenters. The molecule has 0 saturated heterocycles. The largest absolute Gasteiger partial charge is 0.258 e. The zero-order valence-corrected chi connectivity index (χ0v) is 13.5. The van der Waals surface area contributed by atoms with Gasteiger partial charge in [-0.3, -0.25) is 9.97 Å². The zero-order chi connectivity index (χ0) is 14.7. The maximum atomic E-state index is 4.68. The molecule has 0 aliphatic rings. The minimum atomic E-state index is 0.800. The third-order valence-corrected chi connectivity index (χ3v) is 5.06. The third-order valence-electron chi connectivity index (χ3n) is 3.01. The van der Waals surface area contributed by atoms with Crippen LogP contribution < -0.4 is 0 Å². The molecule has 0 spiro atoms. The van der Waals surface area contributed by atoms with Crippen LogP contribution in [-0.2, 0) is 5.75 Å². The molecule has 3 aromatic rings. The highest BCUT2D eigenvalue weighted by Gasteiger charge is 2.06. The van der Waals surface area contributed by atoms with Gasteiger partial charge in [0.1, 0.15) is 0 Å². The fourth-order valence-corrected chi connectivity index (χ4v) is 3.54. The van der Waals surface area contributed by atoms with Gasteiger partial charge in [0.15, 0.2) is 4.34 Å². The first-order valence-electron chi connectivity index (χ1n) is 6.63. The van der Waals surface area contributed by atoms with Gasteiger partial charge >= 0.3 is 0 Å². The van der Waals surface area contributed by atoms with E-state index < -0.39 is 0 Å². The van der Waals surface area contributed by atoms with Gasteiger partial charge in [-0.1, -0.05) is 41.6 Å². The molecule has 2 aromatic heterocycles. The number of rotatable bonds is 4. The smallest absolute Gasteiger partial charge is 0.150 e. The van der Waals surface area contributed by atoms with Gasteiger partial charge in [0.2, 0.25) is 0 Å². The van der Waals surface area contributed by atoms with E-state index in [0.717, 1.165) is 27.2 Å². The van der Waals surface area contributed by atoms with Gasteiger partial charge in [0.25, 0.3) is 0 Å². The van der Waals surface area contributed by atoms with Gasteiger partial charge in [-0.05, 0) is 13.8 Å². The standard InChI is InChI=1S/C16H15N3S2/c1-11-3-5-13(6-4-11)15-10-21-16(19-15)20-9-14-8-17-12(2)7-18-14/h3-8,10H,9H2,1-2H3. The predicted molar refractivity (Wildman–Crippen MR) is 88.6 cm³/mol. The zero-order valence-electron chi connectivity index (χ0n) is 11.9. The van der Waals surface area contributed by atoms with Crippen LogP contribution >= 0.6 is 23.1 Å². The van der Waals surface area contributed by atoms with Crippen LogP contribution in [0.15, 0.2) is 46.4 Å². The predicted octanol–water partition coefficient (Wildman–Crippen LogP) is 4.51. The van der Waals surface area contributed by atoms with E-state index >= 15 is 0 Å². The van der Waals surface area contributed by atoms with Crippen LogP contribution in [-0.4, -0.2) is 15.0 Å². The average molecular weight is 313 g/mol. The molecule has 0 N–H and O–H groups in total. The van der Waals surface area contributed by atoms with Crippen molar-refractivity contribution in [2.75, 3.05) is 0 Å². The SMILES string of the molecule is Cc1ccc(-c2csc(SCc3cnc(C)cn3)n2)cc1. The summed E-state index contributed by atoms with van der Waals surface area (Å²) in [6, 6.07) is 8.46. The van der Waals surface area contributed by atoms with Crippen molar-refractivity contribution < 1.29 is 0 Å². The Labute approximate surface area is 132 Å². The number of hydrogen-bond donors (Lipinski definition) is 0. The molecule has 21 heavy (non-hydrogen) atoms. The lowest BCUT2D eigenvalue weighted by Crippen LogP contribution is -1.90. The summed E-state index contributed by atoms with van der Waals surface area (Å²) in [5.41, 5.74) is 5.40. The van der Waals surface area contributed by atoms with E-state index in [1.165, 1.54) is 11.1 Å². The van der Waals surface area contributed by atoms with Crippen LogP contribution in [0, 0.1) is 13.8 Å². The molecule has 0 saturated carbocycles. The first-order chi connectivity index (χ1) is 10.2. The second kappa shape index (κ2) is 6.37. The number of benzene rings is 1. The monoisotopic (exact) mass is 313 g/mol. The second-order valence-electron chi connectivity index (χ2n) is 4.80. The molecule has 3 nitrogen and oxygen atoms in total. The Hall–Kier alpha value is -1.72. The molecule has 0 aliphatic carbocycles. The van der Waals surface area contributed by atoms with E-state index in [2.05, 4.69) is 51.5 Å². The molecule has 106 valence electrons. The van der Waals surface area contributed by atoms with Crippen molar-refractivity contribution >= 4 is 23.1 Å². The highest BCUT2D eigenvalue weighted by Crippen LogP contribution is 2.29. The molecule has 0 radical (unpaired) electrons. The van der Waals surface area contributed by atoms with E-state index in [1.807, 2.05) is 13.1 Å². The molecular weight excluding hydrogens is 298 g/mol. The van der Waals surface area contributed by atoms with Gasteiger partial charge in [0, 0.05) is 29.1 Å². The van der Waals surface area contributed by atoms with Gasteiger partial charge in [-0.2, -0.15) is 0 Å². The lowest BCUT2D eigenvalue weighted by molar-refractivity contribution is 1.05. The number of thiazole rings is 1. The molecule has 3 rings (SSSR count). The van der Waals surface area contributed by atoms with Crippen LogP contribution in [0.5, 0.6) is 0 Å². The lowest BCUT2D eigenvalue weighted by Gasteiger charge is -1.99. The van der Waals surface area contributed by atoms with Gasteiger partial charge in [-0.15, -0.1) is 11.3 Å². The molecule has 0 amide bonds. The molecule has 5 heteroatoms. The first kappa shape index (κ1) is 14.2. The summed E-state index contributed by atoms with van der Waals surface area (Å²) in [5.74, 6) is 0.800. The molecule has 0 aliphatic heterocycles. The van der Waals surface area contributed by atoms with Crippen LogP contribution in [0.3, 0.4) is 0 Å².